The highest BCUT2D eigenvalue weighted by atomic mass is 16.5. The number of ether oxygens (including phenoxy) is 1. The average Bonchev–Trinajstić information content (AvgIpc) is 2.87. The van der Waals surface area contributed by atoms with Crippen LogP contribution in [0.1, 0.15) is 16.7 Å². The summed E-state index contributed by atoms with van der Waals surface area (Å²) in [6.45, 7) is 4.09. The van der Waals surface area contributed by atoms with Gasteiger partial charge >= 0.3 is 5.69 Å². The van der Waals surface area contributed by atoms with Crippen LogP contribution in [0.4, 0.5) is 0 Å². The van der Waals surface area contributed by atoms with E-state index in [0.717, 1.165) is 16.7 Å². The van der Waals surface area contributed by atoms with Crippen LogP contribution in [0.3, 0.4) is 0 Å². The average molecular weight is 326 g/mol. The van der Waals surface area contributed by atoms with E-state index in [4.69, 9.17) is 4.74 Å². The summed E-state index contributed by atoms with van der Waals surface area (Å²) in [7, 11) is 1.55. The van der Waals surface area contributed by atoms with Gasteiger partial charge in [-0.15, -0.1) is 0 Å². The first-order chi connectivity index (χ1) is 11.5. The van der Waals surface area contributed by atoms with E-state index in [-0.39, 0.29) is 18.0 Å². The van der Waals surface area contributed by atoms with Gasteiger partial charge in [-0.25, -0.2) is 4.79 Å². The van der Waals surface area contributed by atoms with Crippen molar-refractivity contribution in [2.24, 2.45) is 7.05 Å². The van der Waals surface area contributed by atoms with E-state index in [1.807, 2.05) is 32.0 Å². The topological polar surface area (TPSA) is 82.2 Å². The highest BCUT2D eigenvalue weighted by Crippen LogP contribution is 2.25. The largest absolute Gasteiger partial charge is 0.508 e. The van der Waals surface area contributed by atoms with Crippen LogP contribution in [-0.2, 0) is 13.7 Å². The molecule has 0 radical (unpaired) electrons. The molecule has 7 nitrogen and oxygen atoms in total. The van der Waals surface area contributed by atoms with E-state index in [1.165, 1.54) is 9.36 Å². The Labute approximate surface area is 138 Å². The van der Waals surface area contributed by atoms with E-state index in [2.05, 4.69) is 10.4 Å². The van der Waals surface area contributed by atoms with Gasteiger partial charge in [-0.2, -0.15) is 9.36 Å². The van der Waals surface area contributed by atoms with E-state index in [0.29, 0.717) is 11.4 Å². The van der Waals surface area contributed by atoms with Gasteiger partial charge in [-0.3, -0.25) is 0 Å². The van der Waals surface area contributed by atoms with Crippen molar-refractivity contribution in [3.8, 4) is 17.2 Å². The molecule has 124 valence electrons. The van der Waals surface area contributed by atoms with Crippen LogP contribution in [0.25, 0.3) is 5.69 Å². The number of aromatic hydroxyl groups is 1. The van der Waals surface area contributed by atoms with Crippen molar-refractivity contribution >= 4 is 0 Å². The zero-order valence-electron chi connectivity index (χ0n) is 13.7. The summed E-state index contributed by atoms with van der Waals surface area (Å²) in [5.74, 6) is 0.871. The second kappa shape index (κ2) is 6.19. The van der Waals surface area contributed by atoms with Crippen LogP contribution in [0.15, 0.2) is 41.2 Å². The van der Waals surface area contributed by atoms with Crippen molar-refractivity contribution in [2.45, 2.75) is 20.5 Å². The molecule has 1 N–H and O–H groups in total. The van der Waals surface area contributed by atoms with Gasteiger partial charge < -0.3 is 9.84 Å². The Kier molecular flexibility index (Phi) is 4.07. The molecule has 0 aliphatic rings. The third-order valence-corrected chi connectivity index (χ3v) is 3.87. The van der Waals surface area contributed by atoms with Crippen molar-refractivity contribution in [2.75, 3.05) is 0 Å². The Morgan fingerprint density at radius 3 is 2.58 bits per heavy atom. The lowest BCUT2D eigenvalue weighted by Crippen LogP contribution is -2.23. The molecule has 0 aliphatic heterocycles. The third kappa shape index (κ3) is 2.88. The molecule has 3 rings (SSSR count). The van der Waals surface area contributed by atoms with Crippen molar-refractivity contribution in [3.05, 3.63) is 63.6 Å². The van der Waals surface area contributed by atoms with Crippen molar-refractivity contribution in [3.63, 3.8) is 0 Å². The van der Waals surface area contributed by atoms with Crippen LogP contribution in [0.2, 0.25) is 0 Å². The standard InChI is InChI=1S/C17H18N4O3/c1-11-5-4-6-15(21-17(23)20(3)18-19-21)14(11)10-24-16-8-7-13(22)9-12(16)2/h4-9,22H,10H2,1-3H3. The number of rotatable bonds is 4. The Balaban J connectivity index is 1.96. The molecule has 2 aromatic carbocycles. The smallest absolute Gasteiger partial charge is 0.368 e. The second-order valence-corrected chi connectivity index (χ2v) is 5.61. The van der Waals surface area contributed by atoms with Gasteiger partial charge in [-0.1, -0.05) is 12.1 Å². The van der Waals surface area contributed by atoms with Gasteiger partial charge in [-0.05, 0) is 59.7 Å². The van der Waals surface area contributed by atoms with Crippen LogP contribution in [-0.4, -0.2) is 24.9 Å². The Hall–Kier alpha value is -3.09. The lowest BCUT2D eigenvalue weighted by molar-refractivity contribution is 0.302. The van der Waals surface area contributed by atoms with E-state index < -0.39 is 0 Å². The minimum atomic E-state index is -0.317. The molecule has 1 heterocycles. The molecule has 24 heavy (non-hydrogen) atoms. The fraction of sp³-hybridized carbons (Fsp3) is 0.235. The van der Waals surface area contributed by atoms with Gasteiger partial charge in [0.15, 0.2) is 0 Å². The number of aromatic nitrogens is 4. The first kappa shape index (κ1) is 15.8. The maximum absolute atomic E-state index is 12.1. The quantitative estimate of drug-likeness (QED) is 0.791. The predicted octanol–water partition coefficient (Wildman–Crippen LogP) is 1.87. The van der Waals surface area contributed by atoms with Gasteiger partial charge in [0.25, 0.3) is 0 Å². The summed E-state index contributed by atoms with van der Waals surface area (Å²) in [4.78, 5) is 12.1. The molecule has 0 aliphatic carbocycles. The number of nitrogens with zero attached hydrogens (tertiary/aromatic N) is 4. The fourth-order valence-corrected chi connectivity index (χ4v) is 2.48. The predicted molar refractivity (Wildman–Crippen MR) is 88.5 cm³/mol. The molecule has 0 saturated heterocycles. The number of tetrazole rings is 1. The van der Waals surface area contributed by atoms with E-state index in [9.17, 15) is 9.90 Å². The molecule has 0 unspecified atom stereocenters. The van der Waals surface area contributed by atoms with Crippen molar-refractivity contribution in [1.29, 1.82) is 0 Å². The highest BCUT2D eigenvalue weighted by molar-refractivity contribution is 5.45. The maximum atomic E-state index is 12.1. The van der Waals surface area contributed by atoms with Crippen molar-refractivity contribution in [1.82, 2.24) is 19.8 Å². The number of benzene rings is 2. The molecule has 1 aromatic heterocycles. The van der Waals surface area contributed by atoms with Crippen molar-refractivity contribution < 1.29 is 9.84 Å². The molecular formula is C17H18N4O3. The summed E-state index contributed by atoms with van der Waals surface area (Å²) < 4.78 is 8.32. The molecular weight excluding hydrogens is 308 g/mol. The number of hydrogen-bond donors (Lipinski definition) is 1. The molecule has 0 saturated carbocycles. The summed E-state index contributed by atoms with van der Waals surface area (Å²) in [5.41, 5.74) is 3.00. The van der Waals surface area contributed by atoms with Gasteiger partial charge in [0.2, 0.25) is 0 Å². The molecule has 0 amide bonds. The van der Waals surface area contributed by atoms with Crippen LogP contribution < -0.4 is 10.4 Å². The lowest BCUT2D eigenvalue weighted by Gasteiger charge is -2.14. The zero-order valence-corrected chi connectivity index (χ0v) is 13.7. The second-order valence-electron chi connectivity index (χ2n) is 5.61. The number of phenols is 1. The van der Waals surface area contributed by atoms with Gasteiger partial charge in [0.1, 0.15) is 18.1 Å². The van der Waals surface area contributed by atoms with Gasteiger partial charge in [0.05, 0.1) is 5.69 Å². The summed E-state index contributed by atoms with van der Waals surface area (Å²) >= 11 is 0. The maximum Gasteiger partial charge on any atom is 0.368 e. The van der Waals surface area contributed by atoms with E-state index >= 15 is 0 Å². The van der Waals surface area contributed by atoms with Gasteiger partial charge in [0, 0.05) is 12.6 Å². The Morgan fingerprint density at radius 1 is 1.12 bits per heavy atom. The third-order valence-electron chi connectivity index (χ3n) is 3.87. The minimum absolute atomic E-state index is 0.197. The lowest BCUT2D eigenvalue weighted by atomic mass is 10.1. The zero-order chi connectivity index (χ0) is 17.3. The molecule has 0 bridgehead atoms. The Morgan fingerprint density at radius 2 is 1.92 bits per heavy atom. The normalized spacial score (nSPS) is 10.8. The highest BCUT2D eigenvalue weighted by Gasteiger charge is 2.14. The molecule has 3 aromatic rings. The summed E-state index contributed by atoms with van der Waals surface area (Å²) in [6.07, 6.45) is 0. The minimum Gasteiger partial charge on any atom is -0.508 e. The molecule has 7 heteroatoms. The summed E-state index contributed by atoms with van der Waals surface area (Å²) in [5, 5.41) is 17.1. The SMILES string of the molecule is Cc1cc(O)ccc1OCc1c(C)cccc1-n1nnn(C)c1=O. The van der Waals surface area contributed by atoms with Crippen LogP contribution >= 0.6 is 0 Å². The first-order valence-corrected chi connectivity index (χ1v) is 7.47. The fourth-order valence-electron chi connectivity index (χ4n) is 2.48. The number of phenolic OH excluding ortho intramolecular Hbond substituents is 1. The summed E-state index contributed by atoms with van der Waals surface area (Å²) in [6, 6.07) is 10.6. The monoisotopic (exact) mass is 326 g/mol. The van der Waals surface area contributed by atoms with Crippen LogP contribution in [0.5, 0.6) is 11.5 Å². The van der Waals surface area contributed by atoms with E-state index in [1.54, 1.807) is 25.2 Å². The first-order valence-electron chi connectivity index (χ1n) is 7.47. The molecule has 0 fully saturated rings. The van der Waals surface area contributed by atoms with Crippen LogP contribution in [0, 0.1) is 13.8 Å². The molecule has 0 spiro atoms. The number of aryl methyl sites for hydroxylation is 3. The molecule has 0 atom stereocenters. The number of hydrogen-bond acceptors (Lipinski definition) is 5. The Bertz CT molecular complexity index is 943.